The molecule has 120 valence electrons. The standard InChI is InChI=1S/C19H15FN2O2/c20-15-7-5-13(6-8-15)12-24-18-11-17-16-4-2-1-3-14(16)9-10-22(17)19(23)21-18/h1-8,11H,9-10,12H2. The van der Waals surface area contributed by atoms with E-state index in [1.54, 1.807) is 22.8 Å². The highest BCUT2D eigenvalue weighted by Crippen LogP contribution is 2.29. The van der Waals surface area contributed by atoms with Gasteiger partial charge in [-0.15, -0.1) is 0 Å². The fraction of sp³-hybridized carbons (Fsp3) is 0.158. The van der Waals surface area contributed by atoms with Crippen LogP contribution in [-0.2, 0) is 19.6 Å². The number of nitrogens with zero attached hydrogens (tertiary/aromatic N) is 2. The Kier molecular flexibility index (Phi) is 3.61. The number of rotatable bonds is 3. The Hall–Kier alpha value is -2.95. The monoisotopic (exact) mass is 322 g/mol. The predicted octanol–water partition coefficient (Wildman–Crippen LogP) is 3.18. The number of halogens is 1. The number of fused-ring (bicyclic) bond motifs is 3. The first-order valence-electron chi connectivity index (χ1n) is 7.78. The zero-order chi connectivity index (χ0) is 16.5. The van der Waals surface area contributed by atoms with E-state index in [0.29, 0.717) is 6.54 Å². The average molecular weight is 322 g/mol. The molecule has 0 amide bonds. The van der Waals surface area contributed by atoms with Crippen LogP contribution < -0.4 is 10.4 Å². The summed E-state index contributed by atoms with van der Waals surface area (Å²) in [6, 6.07) is 15.9. The van der Waals surface area contributed by atoms with Crippen LogP contribution in [0.5, 0.6) is 5.88 Å². The van der Waals surface area contributed by atoms with Crippen molar-refractivity contribution < 1.29 is 9.13 Å². The minimum absolute atomic E-state index is 0.234. The van der Waals surface area contributed by atoms with Gasteiger partial charge in [0.1, 0.15) is 12.4 Å². The first-order chi connectivity index (χ1) is 11.7. The Morgan fingerprint density at radius 2 is 1.92 bits per heavy atom. The Labute approximate surface area is 138 Å². The van der Waals surface area contributed by atoms with Gasteiger partial charge in [-0.05, 0) is 29.7 Å². The maximum Gasteiger partial charge on any atom is 0.351 e. The Balaban J connectivity index is 1.66. The van der Waals surface area contributed by atoms with E-state index in [4.69, 9.17) is 4.74 Å². The van der Waals surface area contributed by atoms with Gasteiger partial charge < -0.3 is 4.74 Å². The van der Waals surface area contributed by atoms with Crippen molar-refractivity contribution in [2.75, 3.05) is 0 Å². The molecule has 24 heavy (non-hydrogen) atoms. The van der Waals surface area contributed by atoms with Gasteiger partial charge in [0, 0.05) is 18.2 Å². The molecule has 2 heterocycles. The topological polar surface area (TPSA) is 44.1 Å². The third-order valence-corrected chi connectivity index (χ3v) is 4.19. The van der Waals surface area contributed by atoms with Crippen molar-refractivity contribution in [2.45, 2.75) is 19.6 Å². The summed E-state index contributed by atoms with van der Waals surface area (Å²) >= 11 is 0. The fourth-order valence-corrected chi connectivity index (χ4v) is 2.96. The van der Waals surface area contributed by atoms with Crippen molar-refractivity contribution in [3.63, 3.8) is 0 Å². The van der Waals surface area contributed by atoms with Gasteiger partial charge in [0.25, 0.3) is 0 Å². The number of benzene rings is 2. The molecule has 0 aliphatic carbocycles. The van der Waals surface area contributed by atoms with E-state index in [9.17, 15) is 9.18 Å². The van der Waals surface area contributed by atoms with Crippen molar-refractivity contribution in [2.24, 2.45) is 0 Å². The summed E-state index contributed by atoms with van der Waals surface area (Å²) in [5.41, 5.74) is 3.58. The molecule has 0 radical (unpaired) electrons. The van der Waals surface area contributed by atoms with Gasteiger partial charge in [0.05, 0.1) is 5.69 Å². The predicted molar refractivity (Wildman–Crippen MR) is 88.4 cm³/mol. The Bertz CT molecular complexity index is 948. The van der Waals surface area contributed by atoms with Gasteiger partial charge in [-0.25, -0.2) is 9.18 Å². The van der Waals surface area contributed by atoms with Gasteiger partial charge in [0.2, 0.25) is 5.88 Å². The molecule has 0 unspecified atom stereocenters. The highest BCUT2D eigenvalue weighted by atomic mass is 19.1. The molecule has 0 bridgehead atoms. The van der Waals surface area contributed by atoms with Crippen LogP contribution in [0, 0.1) is 5.82 Å². The van der Waals surface area contributed by atoms with Gasteiger partial charge in [-0.3, -0.25) is 4.57 Å². The molecule has 1 aliphatic heterocycles. The maximum atomic E-state index is 12.9. The van der Waals surface area contributed by atoms with Crippen molar-refractivity contribution in [1.29, 1.82) is 0 Å². The lowest BCUT2D eigenvalue weighted by atomic mass is 9.98. The van der Waals surface area contributed by atoms with E-state index in [2.05, 4.69) is 11.1 Å². The van der Waals surface area contributed by atoms with Gasteiger partial charge in [0.15, 0.2) is 0 Å². The molecular formula is C19H15FN2O2. The first-order valence-corrected chi connectivity index (χ1v) is 7.78. The lowest BCUT2D eigenvalue weighted by Crippen LogP contribution is -2.28. The molecule has 0 spiro atoms. The lowest BCUT2D eigenvalue weighted by molar-refractivity contribution is 0.291. The highest BCUT2D eigenvalue weighted by Gasteiger charge is 2.18. The summed E-state index contributed by atoms with van der Waals surface area (Å²) in [5.74, 6) is -0.00668. The second kappa shape index (κ2) is 5.92. The van der Waals surface area contributed by atoms with E-state index in [1.165, 1.54) is 17.7 Å². The van der Waals surface area contributed by atoms with Crippen molar-refractivity contribution >= 4 is 0 Å². The number of ether oxygens (including phenoxy) is 1. The summed E-state index contributed by atoms with van der Waals surface area (Å²) in [5, 5.41) is 0. The molecule has 0 saturated heterocycles. The SMILES string of the molecule is O=c1nc(OCc2ccc(F)cc2)cc2n1CCc1ccccc1-2. The molecule has 0 fully saturated rings. The zero-order valence-corrected chi connectivity index (χ0v) is 12.9. The zero-order valence-electron chi connectivity index (χ0n) is 12.9. The normalized spacial score (nSPS) is 12.4. The van der Waals surface area contributed by atoms with Crippen LogP contribution in [0.1, 0.15) is 11.1 Å². The molecule has 1 aromatic heterocycles. The minimum Gasteiger partial charge on any atom is -0.473 e. The number of hydrogen-bond donors (Lipinski definition) is 0. The van der Waals surface area contributed by atoms with E-state index >= 15 is 0 Å². The van der Waals surface area contributed by atoms with Gasteiger partial charge >= 0.3 is 5.69 Å². The summed E-state index contributed by atoms with van der Waals surface area (Å²) in [6.45, 7) is 0.855. The second-order valence-corrected chi connectivity index (χ2v) is 5.74. The molecule has 4 rings (SSSR count). The molecule has 1 aliphatic rings. The maximum absolute atomic E-state index is 12.9. The van der Waals surface area contributed by atoms with E-state index in [-0.39, 0.29) is 24.0 Å². The van der Waals surface area contributed by atoms with Crippen LogP contribution in [0.25, 0.3) is 11.3 Å². The van der Waals surface area contributed by atoms with Crippen molar-refractivity contribution in [3.8, 4) is 17.1 Å². The molecule has 0 N–H and O–H groups in total. The summed E-state index contributed by atoms with van der Waals surface area (Å²) < 4.78 is 20.3. The summed E-state index contributed by atoms with van der Waals surface area (Å²) in [4.78, 5) is 16.3. The Morgan fingerprint density at radius 3 is 2.75 bits per heavy atom. The van der Waals surface area contributed by atoms with Crippen molar-refractivity contribution in [3.05, 3.63) is 82.0 Å². The molecule has 4 nitrogen and oxygen atoms in total. The number of aromatic nitrogens is 2. The average Bonchev–Trinajstić information content (AvgIpc) is 2.61. The summed E-state index contributed by atoms with van der Waals surface area (Å²) in [7, 11) is 0. The lowest BCUT2D eigenvalue weighted by Gasteiger charge is -2.21. The van der Waals surface area contributed by atoms with Crippen molar-refractivity contribution in [1.82, 2.24) is 9.55 Å². The quantitative estimate of drug-likeness (QED) is 0.744. The van der Waals surface area contributed by atoms with E-state index in [0.717, 1.165) is 23.2 Å². The number of aryl methyl sites for hydroxylation is 1. The van der Waals surface area contributed by atoms with Crippen LogP contribution in [0.4, 0.5) is 4.39 Å². The van der Waals surface area contributed by atoms with Crippen LogP contribution >= 0.6 is 0 Å². The molecule has 0 saturated carbocycles. The fourth-order valence-electron chi connectivity index (χ4n) is 2.96. The van der Waals surface area contributed by atoms with Gasteiger partial charge in [-0.1, -0.05) is 36.4 Å². The Morgan fingerprint density at radius 1 is 1.12 bits per heavy atom. The van der Waals surface area contributed by atoms with Gasteiger partial charge in [-0.2, -0.15) is 4.98 Å². The molecule has 5 heteroatoms. The number of hydrogen-bond acceptors (Lipinski definition) is 3. The minimum atomic E-state index is -0.309. The third-order valence-electron chi connectivity index (χ3n) is 4.19. The van der Waals surface area contributed by atoms with Crippen LogP contribution in [-0.4, -0.2) is 9.55 Å². The first kappa shape index (κ1) is 14.6. The highest BCUT2D eigenvalue weighted by molar-refractivity contribution is 5.66. The summed E-state index contributed by atoms with van der Waals surface area (Å²) in [6.07, 6.45) is 0.820. The van der Waals surface area contributed by atoms with E-state index in [1.807, 2.05) is 18.2 Å². The van der Waals surface area contributed by atoms with Crippen LogP contribution in [0.15, 0.2) is 59.4 Å². The van der Waals surface area contributed by atoms with Crippen LogP contribution in [0.3, 0.4) is 0 Å². The molecule has 2 aromatic carbocycles. The molecule has 3 aromatic rings. The van der Waals surface area contributed by atoms with Crippen LogP contribution in [0.2, 0.25) is 0 Å². The smallest absolute Gasteiger partial charge is 0.351 e. The second-order valence-electron chi connectivity index (χ2n) is 5.74. The molecular weight excluding hydrogens is 307 g/mol. The largest absolute Gasteiger partial charge is 0.473 e. The third kappa shape index (κ3) is 2.69. The van der Waals surface area contributed by atoms with E-state index < -0.39 is 0 Å². The molecule has 0 atom stereocenters.